The van der Waals surface area contributed by atoms with Crippen LogP contribution in [0.5, 0.6) is 0 Å². The third-order valence-electron chi connectivity index (χ3n) is 8.92. The highest BCUT2D eigenvalue weighted by molar-refractivity contribution is 7.13. The van der Waals surface area contributed by atoms with Gasteiger partial charge in [0.05, 0.1) is 11.4 Å². The first-order valence-electron chi connectivity index (χ1n) is 13.0. The van der Waals surface area contributed by atoms with Crippen LogP contribution in [0.25, 0.3) is 10.6 Å². The van der Waals surface area contributed by atoms with Gasteiger partial charge < -0.3 is 16.8 Å². The van der Waals surface area contributed by atoms with E-state index in [9.17, 15) is 5.26 Å². The van der Waals surface area contributed by atoms with E-state index in [1.807, 2.05) is 24.4 Å². The number of nitrogen functional groups attached to an aromatic ring is 2. The van der Waals surface area contributed by atoms with E-state index in [1.165, 1.54) is 44.2 Å². The molecule has 190 valence electrons. The Morgan fingerprint density at radius 2 is 1.68 bits per heavy atom. The number of thiazole rings is 1. The molecule has 0 radical (unpaired) electrons. The molecule has 0 amide bonds. The number of pyridine rings is 1. The molecule has 4 bridgehead atoms. The van der Waals surface area contributed by atoms with Gasteiger partial charge in [-0.05, 0) is 61.8 Å². The minimum Gasteiger partial charge on any atom is -0.397 e. The number of anilines is 3. The van der Waals surface area contributed by atoms with Crippen molar-refractivity contribution in [1.82, 2.24) is 15.3 Å². The first kappa shape index (κ1) is 23.0. The van der Waals surface area contributed by atoms with E-state index in [0.29, 0.717) is 11.4 Å². The molecule has 1 aliphatic heterocycles. The maximum Gasteiger partial charge on any atom is 0.211 e. The first-order chi connectivity index (χ1) is 18.5. The Morgan fingerprint density at radius 1 is 1.00 bits per heavy atom. The van der Waals surface area contributed by atoms with E-state index < -0.39 is 6.04 Å². The molecule has 0 spiro atoms. The lowest BCUT2D eigenvalue weighted by Gasteiger charge is -2.56. The molecular formula is C28H27N9S. The van der Waals surface area contributed by atoms with Crippen molar-refractivity contribution >= 4 is 34.6 Å². The minimum atomic E-state index is -0.560. The van der Waals surface area contributed by atoms with Crippen LogP contribution in [0.3, 0.4) is 0 Å². The highest BCUT2D eigenvalue weighted by Crippen LogP contribution is 2.60. The van der Waals surface area contributed by atoms with E-state index in [0.717, 1.165) is 33.9 Å². The van der Waals surface area contributed by atoms with Crippen LogP contribution in [0, 0.1) is 40.5 Å². The first-order valence-corrected chi connectivity index (χ1v) is 13.9. The van der Waals surface area contributed by atoms with E-state index in [4.69, 9.17) is 21.7 Å². The van der Waals surface area contributed by atoms with Crippen molar-refractivity contribution in [3.05, 3.63) is 52.0 Å². The summed E-state index contributed by atoms with van der Waals surface area (Å²) < 4.78 is 0. The molecule has 1 aromatic carbocycles. The van der Waals surface area contributed by atoms with E-state index >= 15 is 0 Å². The Balaban J connectivity index is 1.21. The molecule has 4 aliphatic carbocycles. The fourth-order valence-corrected chi connectivity index (χ4v) is 8.65. The molecule has 1 unspecified atom stereocenters. The number of hydrogen-bond acceptors (Lipinski definition) is 10. The fraction of sp³-hybridized carbons (Fsp3) is 0.393. The lowest BCUT2D eigenvalue weighted by atomic mass is 9.49. The number of nitrogens with one attached hydrogen (secondary N) is 2. The Kier molecular flexibility index (Phi) is 5.11. The summed E-state index contributed by atoms with van der Waals surface area (Å²) in [7, 11) is 0. The zero-order valence-electron chi connectivity index (χ0n) is 20.7. The van der Waals surface area contributed by atoms with Gasteiger partial charge in [0.1, 0.15) is 34.3 Å². The largest absolute Gasteiger partial charge is 0.397 e. The number of benzene rings is 1. The summed E-state index contributed by atoms with van der Waals surface area (Å²) in [5, 5.41) is 27.5. The van der Waals surface area contributed by atoms with Gasteiger partial charge in [-0.1, -0.05) is 24.3 Å². The second-order valence-electron chi connectivity index (χ2n) is 11.3. The fourth-order valence-electron chi connectivity index (χ4n) is 7.70. The van der Waals surface area contributed by atoms with Crippen molar-refractivity contribution in [3.63, 3.8) is 0 Å². The van der Waals surface area contributed by atoms with Crippen molar-refractivity contribution in [3.8, 4) is 22.8 Å². The monoisotopic (exact) mass is 521 g/mol. The Hall–Kier alpha value is -4.15. The molecule has 0 saturated heterocycles. The van der Waals surface area contributed by atoms with Crippen LogP contribution in [-0.2, 0) is 5.41 Å². The van der Waals surface area contributed by atoms with Gasteiger partial charge in [0.15, 0.2) is 6.19 Å². The van der Waals surface area contributed by atoms with E-state index in [1.54, 1.807) is 11.3 Å². The van der Waals surface area contributed by atoms with Gasteiger partial charge in [-0.2, -0.15) is 10.5 Å². The summed E-state index contributed by atoms with van der Waals surface area (Å²) in [6.45, 7) is 0. The van der Waals surface area contributed by atoms with Gasteiger partial charge in [0.2, 0.25) is 5.96 Å². The molecule has 5 aliphatic rings. The molecule has 3 aromatic rings. The van der Waals surface area contributed by atoms with Gasteiger partial charge in [-0.3, -0.25) is 5.32 Å². The van der Waals surface area contributed by atoms with Gasteiger partial charge in [-0.15, -0.1) is 11.3 Å². The summed E-state index contributed by atoms with van der Waals surface area (Å²) in [6, 6.07) is 9.58. The Bertz CT molecular complexity index is 1520. The molecule has 10 heteroatoms. The lowest BCUT2D eigenvalue weighted by molar-refractivity contribution is -0.00689. The van der Waals surface area contributed by atoms with E-state index in [-0.39, 0.29) is 28.4 Å². The topological polar surface area (TPSA) is 162 Å². The molecular weight excluding hydrogens is 494 g/mol. The van der Waals surface area contributed by atoms with Gasteiger partial charge in [0.25, 0.3) is 0 Å². The van der Waals surface area contributed by atoms with Crippen molar-refractivity contribution in [2.45, 2.75) is 50.0 Å². The summed E-state index contributed by atoms with van der Waals surface area (Å²) in [6.07, 6.45) is 10.1. The van der Waals surface area contributed by atoms with Crippen molar-refractivity contribution in [1.29, 1.82) is 10.5 Å². The third-order valence-corrected chi connectivity index (χ3v) is 9.81. The van der Waals surface area contributed by atoms with Gasteiger partial charge in [-0.25, -0.2) is 15.0 Å². The number of fused-ring (bicyclic) bond motifs is 1. The number of aromatic nitrogens is 2. The third kappa shape index (κ3) is 3.52. The van der Waals surface area contributed by atoms with E-state index in [2.05, 4.69) is 38.1 Å². The van der Waals surface area contributed by atoms with Crippen LogP contribution in [0.4, 0.5) is 17.3 Å². The van der Waals surface area contributed by atoms with Crippen LogP contribution in [0.1, 0.15) is 67.0 Å². The summed E-state index contributed by atoms with van der Waals surface area (Å²) in [4.78, 5) is 14.2. The molecule has 8 rings (SSSR count). The minimum absolute atomic E-state index is 0.0298. The molecule has 1 atom stereocenters. The predicted octanol–water partition coefficient (Wildman–Crippen LogP) is 4.65. The lowest BCUT2D eigenvalue weighted by Crippen LogP contribution is -2.48. The molecule has 2 aromatic heterocycles. The number of nitrogens with two attached hydrogens (primary N) is 2. The summed E-state index contributed by atoms with van der Waals surface area (Å²) in [5.74, 6) is 3.31. The molecule has 9 nitrogen and oxygen atoms in total. The van der Waals surface area contributed by atoms with Crippen LogP contribution in [0.2, 0.25) is 0 Å². The Morgan fingerprint density at radius 3 is 2.32 bits per heavy atom. The van der Waals surface area contributed by atoms with Gasteiger partial charge >= 0.3 is 0 Å². The highest BCUT2D eigenvalue weighted by atomic mass is 32.1. The predicted molar refractivity (Wildman–Crippen MR) is 147 cm³/mol. The van der Waals surface area contributed by atoms with Crippen LogP contribution < -0.4 is 22.1 Å². The average molecular weight is 522 g/mol. The number of nitrogens with zero attached hydrogens (tertiary/aromatic N) is 5. The van der Waals surface area contributed by atoms with Crippen LogP contribution >= 0.6 is 11.3 Å². The van der Waals surface area contributed by atoms with Gasteiger partial charge in [0, 0.05) is 21.9 Å². The second kappa shape index (κ2) is 8.44. The zero-order chi connectivity index (χ0) is 26.0. The number of guanidine groups is 1. The number of nitriles is 2. The molecule has 6 N–H and O–H groups in total. The molecule has 4 saturated carbocycles. The average Bonchev–Trinajstić information content (AvgIpc) is 3.39. The molecule has 4 fully saturated rings. The SMILES string of the molecule is N#CNC1=NC(c2ccc(-c3nc(C45CC6CC(CC(C6)C4)C5)cs3)cc2)c2c(nc(N)c(C#N)c2N)N1. The number of rotatable bonds is 3. The van der Waals surface area contributed by atoms with Crippen LogP contribution in [-0.4, -0.2) is 15.9 Å². The molecule has 3 heterocycles. The normalized spacial score (nSPS) is 28.5. The zero-order valence-corrected chi connectivity index (χ0v) is 21.6. The maximum absolute atomic E-state index is 9.56. The Labute approximate surface area is 224 Å². The highest BCUT2D eigenvalue weighted by Gasteiger charge is 2.52. The van der Waals surface area contributed by atoms with Crippen molar-refractivity contribution in [2.75, 3.05) is 16.8 Å². The maximum atomic E-state index is 9.56. The smallest absolute Gasteiger partial charge is 0.211 e. The summed E-state index contributed by atoms with van der Waals surface area (Å²) >= 11 is 1.72. The quantitative estimate of drug-likeness (QED) is 0.286. The molecule has 38 heavy (non-hydrogen) atoms. The second-order valence-corrected chi connectivity index (χ2v) is 12.1. The number of hydrogen-bond donors (Lipinski definition) is 4. The van der Waals surface area contributed by atoms with Crippen molar-refractivity contribution in [2.24, 2.45) is 22.7 Å². The standard InChI is InChI=1S/C28H27N9S/c29-11-19-22(31)21-23(35-27(33-13-30)37-25(21)36-24(19)32)17-1-3-18(4-2-17)26-34-20(12-38-26)28-8-14-5-15(9-28)7-16(6-14)10-28/h1-4,12,14-16,23H,5-10H2,(H6,31,32,33,35,36,37). The summed E-state index contributed by atoms with van der Waals surface area (Å²) in [5.41, 5.74) is 16.7. The van der Waals surface area contributed by atoms with Crippen molar-refractivity contribution < 1.29 is 0 Å². The number of aliphatic imine (C=N–C) groups is 1. The van der Waals surface area contributed by atoms with Crippen LogP contribution in [0.15, 0.2) is 34.6 Å².